The van der Waals surface area contributed by atoms with Crippen LogP contribution in [0.5, 0.6) is 0 Å². The van der Waals surface area contributed by atoms with Crippen molar-refractivity contribution >= 4 is 23.2 Å². The molecular formula is C14H22ClN3O. The van der Waals surface area contributed by atoms with E-state index >= 15 is 0 Å². The number of amides is 1. The average molecular weight is 284 g/mol. The standard InChI is InChI=1S/C14H22ClN3O/c1-10(2)18(3)9-5-8-17-14(19)11-6-4-7-12(16)13(11)15/h4,6-7,10H,5,8-9,16H2,1-3H3,(H,17,19). The van der Waals surface area contributed by atoms with Gasteiger partial charge < -0.3 is 16.0 Å². The van der Waals surface area contributed by atoms with Crippen LogP contribution in [0.2, 0.25) is 5.02 Å². The van der Waals surface area contributed by atoms with Crippen LogP contribution in [0.15, 0.2) is 18.2 Å². The number of anilines is 1. The van der Waals surface area contributed by atoms with Crippen molar-refractivity contribution in [2.45, 2.75) is 26.3 Å². The lowest BCUT2D eigenvalue weighted by Crippen LogP contribution is -2.31. The molecule has 0 fully saturated rings. The highest BCUT2D eigenvalue weighted by molar-refractivity contribution is 6.36. The van der Waals surface area contributed by atoms with Gasteiger partial charge in [0, 0.05) is 12.6 Å². The molecule has 0 bridgehead atoms. The van der Waals surface area contributed by atoms with E-state index in [4.69, 9.17) is 17.3 Å². The summed E-state index contributed by atoms with van der Waals surface area (Å²) in [6, 6.07) is 5.59. The molecule has 106 valence electrons. The molecule has 0 aliphatic heterocycles. The molecular weight excluding hydrogens is 262 g/mol. The van der Waals surface area contributed by atoms with Crippen molar-refractivity contribution in [1.82, 2.24) is 10.2 Å². The van der Waals surface area contributed by atoms with Crippen molar-refractivity contribution in [2.24, 2.45) is 0 Å². The van der Waals surface area contributed by atoms with Gasteiger partial charge in [-0.25, -0.2) is 0 Å². The third-order valence-electron chi connectivity index (χ3n) is 3.13. The number of carbonyl (C=O) groups excluding carboxylic acids is 1. The Bertz CT molecular complexity index is 435. The summed E-state index contributed by atoms with van der Waals surface area (Å²) in [6.07, 6.45) is 0.903. The lowest BCUT2D eigenvalue weighted by molar-refractivity contribution is 0.0952. The topological polar surface area (TPSA) is 58.4 Å². The highest BCUT2D eigenvalue weighted by atomic mass is 35.5. The van der Waals surface area contributed by atoms with Gasteiger partial charge in [0.25, 0.3) is 5.91 Å². The number of halogens is 1. The molecule has 0 atom stereocenters. The molecule has 0 aliphatic carbocycles. The normalized spacial score (nSPS) is 11.1. The first-order chi connectivity index (χ1) is 8.93. The molecule has 0 radical (unpaired) electrons. The molecule has 5 heteroatoms. The summed E-state index contributed by atoms with van der Waals surface area (Å²) in [7, 11) is 2.07. The highest BCUT2D eigenvalue weighted by Crippen LogP contribution is 2.22. The minimum Gasteiger partial charge on any atom is -0.398 e. The summed E-state index contributed by atoms with van der Waals surface area (Å²) >= 11 is 6.00. The van der Waals surface area contributed by atoms with E-state index in [0.29, 0.717) is 28.9 Å². The van der Waals surface area contributed by atoms with E-state index in [0.717, 1.165) is 13.0 Å². The summed E-state index contributed by atoms with van der Waals surface area (Å²) in [5.74, 6) is -0.176. The maximum absolute atomic E-state index is 11.9. The monoisotopic (exact) mass is 283 g/mol. The van der Waals surface area contributed by atoms with E-state index in [1.807, 2.05) is 0 Å². The Hall–Kier alpha value is -1.26. The SMILES string of the molecule is CC(C)N(C)CCCNC(=O)c1cccc(N)c1Cl. The van der Waals surface area contributed by atoms with Crippen LogP contribution in [-0.4, -0.2) is 37.0 Å². The number of carbonyl (C=O) groups is 1. The Kier molecular flexibility index (Phi) is 6.12. The van der Waals surface area contributed by atoms with Gasteiger partial charge in [-0.3, -0.25) is 4.79 Å². The van der Waals surface area contributed by atoms with Crippen LogP contribution in [0.4, 0.5) is 5.69 Å². The molecule has 1 amide bonds. The number of hydrogen-bond donors (Lipinski definition) is 2. The molecule has 19 heavy (non-hydrogen) atoms. The second-order valence-electron chi connectivity index (χ2n) is 4.89. The molecule has 0 unspecified atom stereocenters. The lowest BCUT2D eigenvalue weighted by atomic mass is 10.2. The van der Waals surface area contributed by atoms with Gasteiger partial charge in [0.2, 0.25) is 0 Å². The van der Waals surface area contributed by atoms with Gasteiger partial charge in [-0.2, -0.15) is 0 Å². The average Bonchev–Trinajstić information content (AvgIpc) is 2.37. The van der Waals surface area contributed by atoms with Crippen LogP contribution in [-0.2, 0) is 0 Å². The van der Waals surface area contributed by atoms with Crippen LogP contribution in [0.3, 0.4) is 0 Å². The van der Waals surface area contributed by atoms with Gasteiger partial charge in [0.1, 0.15) is 0 Å². The Morgan fingerprint density at radius 3 is 2.79 bits per heavy atom. The molecule has 0 saturated carbocycles. The van der Waals surface area contributed by atoms with E-state index in [-0.39, 0.29) is 5.91 Å². The molecule has 1 aromatic carbocycles. The second kappa shape index (κ2) is 7.36. The fourth-order valence-electron chi connectivity index (χ4n) is 1.61. The van der Waals surface area contributed by atoms with Gasteiger partial charge in [-0.05, 0) is 46.0 Å². The number of rotatable bonds is 6. The number of nitrogens with zero attached hydrogens (tertiary/aromatic N) is 1. The molecule has 0 heterocycles. The van der Waals surface area contributed by atoms with Gasteiger partial charge >= 0.3 is 0 Å². The van der Waals surface area contributed by atoms with Gasteiger partial charge in [-0.15, -0.1) is 0 Å². The van der Waals surface area contributed by atoms with Crippen molar-refractivity contribution in [3.8, 4) is 0 Å². The quantitative estimate of drug-likeness (QED) is 0.622. The Balaban J connectivity index is 2.42. The van der Waals surface area contributed by atoms with Gasteiger partial charge in [0.05, 0.1) is 16.3 Å². The molecule has 1 aromatic rings. The zero-order chi connectivity index (χ0) is 14.4. The molecule has 0 spiro atoms. The number of hydrogen-bond acceptors (Lipinski definition) is 3. The zero-order valence-electron chi connectivity index (χ0n) is 11.7. The Morgan fingerprint density at radius 2 is 2.16 bits per heavy atom. The van der Waals surface area contributed by atoms with Crippen molar-refractivity contribution in [3.05, 3.63) is 28.8 Å². The highest BCUT2D eigenvalue weighted by Gasteiger charge is 2.11. The lowest BCUT2D eigenvalue weighted by Gasteiger charge is -2.20. The first-order valence-electron chi connectivity index (χ1n) is 6.46. The van der Waals surface area contributed by atoms with Gasteiger partial charge in [0.15, 0.2) is 0 Å². The van der Waals surface area contributed by atoms with E-state index in [2.05, 4.69) is 31.1 Å². The van der Waals surface area contributed by atoms with Crippen LogP contribution in [0, 0.1) is 0 Å². The molecule has 0 saturated heterocycles. The maximum atomic E-state index is 11.9. The Labute approximate surface area is 119 Å². The van der Waals surface area contributed by atoms with Crippen LogP contribution >= 0.6 is 11.6 Å². The first-order valence-corrected chi connectivity index (χ1v) is 6.83. The van der Waals surface area contributed by atoms with E-state index in [1.54, 1.807) is 18.2 Å². The number of benzene rings is 1. The minimum absolute atomic E-state index is 0.176. The molecule has 4 nitrogen and oxygen atoms in total. The molecule has 0 aromatic heterocycles. The Morgan fingerprint density at radius 1 is 1.47 bits per heavy atom. The summed E-state index contributed by atoms with van der Waals surface area (Å²) in [4.78, 5) is 14.2. The predicted octanol–water partition coefficient (Wildman–Crippen LogP) is 2.38. The molecule has 3 N–H and O–H groups in total. The summed E-state index contributed by atoms with van der Waals surface area (Å²) in [5.41, 5.74) is 6.52. The van der Waals surface area contributed by atoms with Crippen LogP contribution < -0.4 is 11.1 Å². The number of nitrogens with one attached hydrogen (secondary N) is 1. The molecule has 1 rings (SSSR count). The fraction of sp³-hybridized carbons (Fsp3) is 0.500. The zero-order valence-corrected chi connectivity index (χ0v) is 12.5. The van der Waals surface area contributed by atoms with Crippen molar-refractivity contribution in [1.29, 1.82) is 0 Å². The maximum Gasteiger partial charge on any atom is 0.252 e. The van der Waals surface area contributed by atoms with Crippen molar-refractivity contribution < 1.29 is 4.79 Å². The third kappa shape index (κ3) is 4.73. The minimum atomic E-state index is -0.176. The van der Waals surface area contributed by atoms with Crippen LogP contribution in [0.25, 0.3) is 0 Å². The predicted molar refractivity (Wildman–Crippen MR) is 80.6 cm³/mol. The second-order valence-corrected chi connectivity index (χ2v) is 5.27. The fourth-order valence-corrected chi connectivity index (χ4v) is 1.82. The largest absolute Gasteiger partial charge is 0.398 e. The van der Waals surface area contributed by atoms with Crippen molar-refractivity contribution in [3.63, 3.8) is 0 Å². The number of nitrogens with two attached hydrogens (primary N) is 1. The van der Waals surface area contributed by atoms with E-state index in [1.165, 1.54) is 0 Å². The smallest absolute Gasteiger partial charge is 0.252 e. The van der Waals surface area contributed by atoms with Crippen LogP contribution in [0.1, 0.15) is 30.6 Å². The number of nitrogen functional groups attached to an aromatic ring is 1. The van der Waals surface area contributed by atoms with E-state index in [9.17, 15) is 4.79 Å². The summed E-state index contributed by atoms with van der Waals surface area (Å²) in [5, 5.41) is 3.17. The van der Waals surface area contributed by atoms with E-state index < -0.39 is 0 Å². The molecule has 0 aliphatic rings. The first kappa shape index (κ1) is 15.8. The summed E-state index contributed by atoms with van der Waals surface area (Å²) in [6.45, 7) is 5.86. The summed E-state index contributed by atoms with van der Waals surface area (Å²) < 4.78 is 0. The third-order valence-corrected chi connectivity index (χ3v) is 3.55. The van der Waals surface area contributed by atoms with Gasteiger partial charge in [-0.1, -0.05) is 17.7 Å². The van der Waals surface area contributed by atoms with Crippen molar-refractivity contribution in [2.75, 3.05) is 25.9 Å².